The summed E-state index contributed by atoms with van der Waals surface area (Å²) in [5, 5.41) is 3.04. The predicted octanol–water partition coefficient (Wildman–Crippen LogP) is 3.23. The molecule has 25 heavy (non-hydrogen) atoms. The summed E-state index contributed by atoms with van der Waals surface area (Å²) in [5.41, 5.74) is 2.48. The molecule has 1 aliphatic carbocycles. The van der Waals surface area contributed by atoms with Gasteiger partial charge in [-0.3, -0.25) is 9.59 Å². The normalized spacial score (nSPS) is 21.3. The maximum Gasteiger partial charge on any atom is 0.242 e. The Labute approximate surface area is 151 Å². The quantitative estimate of drug-likeness (QED) is 0.893. The summed E-state index contributed by atoms with van der Waals surface area (Å²) >= 11 is 0. The first-order valence-electron chi connectivity index (χ1n) is 9.79. The molecule has 1 N–H and O–H groups in total. The van der Waals surface area contributed by atoms with Gasteiger partial charge in [0.25, 0.3) is 0 Å². The fraction of sp³-hybridized carbons (Fsp3) is 0.619. The molecule has 0 radical (unpaired) electrons. The van der Waals surface area contributed by atoms with E-state index in [2.05, 4.69) is 36.5 Å². The van der Waals surface area contributed by atoms with Crippen molar-refractivity contribution in [2.24, 2.45) is 5.92 Å². The molecule has 1 saturated carbocycles. The van der Waals surface area contributed by atoms with E-state index in [1.54, 1.807) is 0 Å². The number of hydrogen-bond donors (Lipinski definition) is 1. The first-order chi connectivity index (χ1) is 12.1. The Hall–Kier alpha value is -1.84. The van der Waals surface area contributed by atoms with Gasteiger partial charge in [0.15, 0.2) is 0 Å². The number of aryl methyl sites for hydroxylation is 1. The highest BCUT2D eigenvalue weighted by molar-refractivity contribution is 5.89. The highest BCUT2D eigenvalue weighted by atomic mass is 16.2. The van der Waals surface area contributed by atoms with Crippen LogP contribution < -0.4 is 5.32 Å². The number of carbonyl (C=O) groups excluding carboxylic acids is 2. The standard InChI is InChI=1S/C21H30N2O2/c1-16-9-11-17(12-10-16)13-14-22-20(24)19-8-5-15-23(19)21(25)18-6-3-2-4-7-18/h9-12,18-19H,2-8,13-15H2,1H3,(H,22,24). The molecule has 1 atom stereocenters. The molecule has 2 aliphatic rings. The second-order valence-corrected chi connectivity index (χ2v) is 7.55. The molecule has 1 heterocycles. The molecule has 1 aromatic carbocycles. The van der Waals surface area contributed by atoms with Gasteiger partial charge >= 0.3 is 0 Å². The molecule has 1 unspecified atom stereocenters. The number of likely N-dealkylation sites (tertiary alicyclic amines) is 1. The molecule has 1 saturated heterocycles. The van der Waals surface area contributed by atoms with Crippen molar-refractivity contribution < 1.29 is 9.59 Å². The van der Waals surface area contributed by atoms with E-state index in [1.807, 2.05) is 4.90 Å². The van der Waals surface area contributed by atoms with Crippen LogP contribution in [0.3, 0.4) is 0 Å². The third-order valence-corrected chi connectivity index (χ3v) is 5.63. The van der Waals surface area contributed by atoms with Crippen LogP contribution in [-0.2, 0) is 16.0 Å². The van der Waals surface area contributed by atoms with Crippen molar-refractivity contribution in [1.82, 2.24) is 10.2 Å². The number of rotatable bonds is 5. The Balaban J connectivity index is 1.50. The lowest BCUT2D eigenvalue weighted by Crippen LogP contribution is -2.48. The van der Waals surface area contributed by atoms with Crippen molar-refractivity contribution in [2.75, 3.05) is 13.1 Å². The smallest absolute Gasteiger partial charge is 0.242 e. The van der Waals surface area contributed by atoms with Crippen LogP contribution in [0.25, 0.3) is 0 Å². The van der Waals surface area contributed by atoms with E-state index in [4.69, 9.17) is 0 Å². The van der Waals surface area contributed by atoms with E-state index < -0.39 is 0 Å². The van der Waals surface area contributed by atoms with Gasteiger partial charge in [0.2, 0.25) is 11.8 Å². The Morgan fingerprint density at radius 1 is 1.04 bits per heavy atom. The number of benzene rings is 1. The number of carbonyl (C=O) groups is 2. The average Bonchev–Trinajstić information content (AvgIpc) is 3.13. The zero-order valence-corrected chi connectivity index (χ0v) is 15.3. The molecule has 3 rings (SSSR count). The molecule has 0 aromatic heterocycles. The van der Waals surface area contributed by atoms with Crippen molar-refractivity contribution in [1.29, 1.82) is 0 Å². The van der Waals surface area contributed by atoms with Gasteiger partial charge in [0.05, 0.1) is 0 Å². The van der Waals surface area contributed by atoms with E-state index in [9.17, 15) is 9.59 Å². The molecule has 1 aliphatic heterocycles. The first kappa shape index (κ1) is 18.0. The molecule has 136 valence electrons. The van der Waals surface area contributed by atoms with Crippen molar-refractivity contribution in [2.45, 2.75) is 64.3 Å². The molecule has 4 heteroatoms. The van der Waals surface area contributed by atoms with Gasteiger partial charge in [-0.05, 0) is 44.6 Å². The van der Waals surface area contributed by atoms with Crippen LogP contribution in [0.5, 0.6) is 0 Å². The lowest BCUT2D eigenvalue weighted by atomic mass is 9.88. The molecule has 2 fully saturated rings. The van der Waals surface area contributed by atoms with Crippen molar-refractivity contribution in [3.8, 4) is 0 Å². The third-order valence-electron chi connectivity index (χ3n) is 5.63. The minimum absolute atomic E-state index is 0.0220. The van der Waals surface area contributed by atoms with E-state index in [1.165, 1.54) is 17.5 Å². The summed E-state index contributed by atoms with van der Waals surface area (Å²) in [5.74, 6) is 0.388. The molecule has 2 amide bonds. The number of nitrogens with zero attached hydrogens (tertiary/aromatic N) is 1. The lowest BCUT2D eigenvalue weighted by Gasteiger charge is -2.30. The van der Waals surface area contributed by atoms with Crippen LogP contribution in [-0.4, -0.2) is 35.8 Å². The van der Waals surface area contributed by atoms with Crippen LogP contribution in [0, 0.1) is 12.8 Å². The summed E-state index contributed by atoms with van der Waals surface area (Å²) in [6, 6.07) is 8.15. The lowest BCUT2D eigenvalue weighted by molar-refractivity contribution is -0.142. The zero-order valence-electron chi connectivity index (χ0n) is 15.3. The average molecular weight is 342 g/mol. The van der Waals surface area contributed by atoms with Crippen molar-refractivity contribution in [3.05, 3.63) is 35.4 Å². The van der Waals surface area contributed by atoms with Gasteiger partial charge in [-0.25, -0.2) is 0 Å². The van der Waals surface area contributed by atoms with Gasteiger partial charge in [-0.15, -0.1) is 0 Å². The Morgan fingerprint density at radius 2 is 1.76 bits per heavy atom. The summed E-state index contributed by atoms with van der Waals surface area (Å²) in [4.78, 5) is 27.2. The highest BCUT2D eigenvalue weighted by Crippen LogP contribution is 2.28. The van der Waals surface area contributed by atoms with Crippen LogP contribution in [0.15, 0.2) is 24.3 Å². The monoisotopic (exact) mass is 342 g/mol. The predicted molar refractivity (Wildman–Crippen MR) is 99.2 cm³/mol. The maximum atomic E-state index is 12.8. The van der Waals surface area contributed by atoms with Crippen LogP contribution in [0.4, 0.5) is 0 Å². The van der Waals surface area contributed by atoms with Crippen LogP contribution in [0.1, 0.15) is 56.1 Å². The Bertz CT molecular complexity index is 590. The van der Waals surface area contributed by atoms with Crippen molar-refractivity contribution in [3.63, 3.8) is 0 Å². The van der Waals surface area contributed by atoms with Crippen molar-refractivity contribution >= 4 is 11.8 Å². The largest absolute Gasteiger partial charge is 0.354 e. The van der Waals surface area contributed by atoms with Gasteiger partial charge < -0.3 is 10.2 Å². The van der Waals surface area contributed by atoms with E-state index in [-0.39, 0.29) is 23.8 Å². The zero-order chi connectivity index (χ0) is 17.6. The second kappa shape index (κ2) is 8.50. The fourth-order valence-corrected chi connectivity index (χ4v) is 4.09. The number of nitrogens with one attached hydrogen (secondary N) is 1. The van der Waals surface area contributed by atoms with Crippen LogP contribution >= 0.6 is 0 Å². The van der Waals surface area contributed by atoms with E-state index in [0.29, 0.717) is 6.54 Å². The van der Waals surface area contributed by atoms with Gasteiger partial charge in [-0.1, -0.05) is 49.1 Å². The SMILES string of the molecule is Cc1ccc(CCNC(=O)C2CCCN2C(=O)C2CCCCC2)cc1. The topological polar surface area (TPSA) is 49.4 Å². The highest BCUT2D eigenvalue weighted by Gasteiger charge is 2.37. The van der Waals surface area contributed by atoms with Gasteiger partial charge in [0.1, 0.15) is 6.04 Å². The molecule has 4 nitrogen and oxygen atoms in total. The summed E-state index contributed by atoms with van der Waals surface area (Å²) < 4.78 is 0. The minimum Gasteiger partial charge on any atom is -0.354 e. The van der Waals surface area contributed by atoms with Gasteiger partial charge in [-0.2, -0.15) is 0 Å². The number of hydrogen-bond acceptors (Lipinski definition) is 2. The summed E-state index contributed by atoms with van der Waals surface area (Å²) in [6.07, 6.45) is 8.11. The van der Waals surface area contributed by atoms with E-state index in [0.717, 1.165) is 51.5 Å². The number of amides is 2. The third kappa shape index (κ3) is 4.62. The second-order valence-electron chi connectivity index (χ2n) is 7.55. The summed E-state index contributed by atoms with van der Waals surface area (Å²) in [7, 11) is 0. The fourth-order valence-electron chi connectivity index (χ4n) is 4.09. The first-order valence-corrected chi connectivity index (χ1v) is 9.79. The molecular formula is C21H30N2O2. The van der Waals surface area contributed by atoms with Gasteiger partial charge in [0, 0.05) is 19.0 Å². The minimum atomic E-state index is -0.257. The molecule has 0 bridgehead atoms. The van der Waals surface area contributed by atoms with Crippen LogP contribution in [0.2, 0.25) is 0 Å². The van der Waals surface area contributed by atoms with E-state index >= 15 is 0 Å². The molecule has 1 aromatic rings. The maximum absolute atomic E-state index is 12.8. The Morgan fingerprint density at radius 3 is 2.48 bits per heavy atom. The molecule has 0 spiro atoms. The summed E-state index contributed by atoms with van der Waals surface area (Å²) in [6.45, 7) is 3.44. The molecular weight excluding hydrogens is 312 g/mol. The Kier molecular flexibility index (Phi) is 6.11.